The lowest BCUT2D eigenvalue weighted by atomic mass is 10.0. The van der Waals surface area contributed by atoms with Gasteiger partial charge in [0.15, 0.2) is 5.82 Å². The van der Waals surface area contributed by atoms with Crippen LogP contribution in [0.1, 0.15) is 58.5 Å². The predicted octanol–water partition coefficient (Wildman–Crippen LogP) is 3.33. The van der Waals surface area contributed by atoms with Crippen LogP contribution in [0.25, 0.3) is 0 Å². The maximum absolute atomic E-state index is 12.0. The van der Waals surface area contributed by atoms with E-state index < -0.39 is 6.04 Å². The Kier molecular flexibility index (Phi) is 7.19. The summed E-state index contributed by atoms with van der Waals surface area (Å²) < 4.78 is 1.75. The summed E-state index contributed by atoms with van der Waals surface area (Å²) in [6, 6.07) is 5.13. The van der Waals surface area contributed by atoms with Gasteiger partial charge in [0.1, 0.15) is 0 Å². The second-order valence-electron chi connectivity index (χ2n) is 7.62. The van der Waals surface area contributed by atoms with Crippen molar-refractivity contribution in [2.75, 3.05) is 6.54 Å². The highest BCUT2D eigenvalue weighted by Crippen LogP contribution is 2.33. The van der Waals surface area contributed by atoms with E-state index in [9.17, 15) is 4.79 Å². The molecule has 1 atom stereocenters. The third-order valence-electron chi connectivity index (χ3n) is 3.83. The number of halogens is 2. The third kappa shape index (κ3) is 5.64. The summed E-state index contributed by atoms with van der Waals surface area (Å²) in [5.74, 6) is 0.583. The molecular weight excluding hydrogens is 387 g/mol. The van der Waals surface area contributed by atoms with Crippen LogP contribution in [-0.2, 0) is 10.3 Å². The number of aromatic nitrogens is 4. The Balaban J connectivity index is 2.32. The van der Waals surface area contributed by atoms with Crippen LogP contribution in [0.3, 0.4) is 0 Å². The summed E-state index contributed by atoms with van der Waals surface area (Å²) in [4.78, 5) is 12.0. The van der Waals surface area contributed by atoms with Crippen molar-refractivity contribution in [3.8, 4) is 0 Å². The van der Waals surface area contributed by atoms with Crippen LogP contribution in [-0.4, -0.2) is 38.7 Å². The summed E-state index contributed by atoms with van der Waals surface area (Å²) in [6.07, 6.45) is 0.323. The van der Waals surface area contributed by atoms with Crippen LogP contribution in [0.5, 0.6) is 0 Å². The molecule has 7 nitrogen and oxygen atoms in total. The fourth-order valence-corrected chi connectivity index (χ4v) is 3.08. The number of nitrogens with one attached hydrogen (secondary N) is 2. The zero-order chi connectivity index (χ0) is 20.2. The number of nitrogens with zero attached hydrogens (tertiary/aromatic N) is 4. The van der Waals surface area contributed by atoms with Gasteiger partial charge in [0.2, 0.25) is 5.91 Å². The van der Waals surface area contributed by atoms with E-state index in [0.29, 0.717) is 28.8 Å². The van der Waals surface area contributed by atoms with Gasteiger partial charge in [-0.3, -0.25) is 4.79 Å². The molecule has 0 aliphatic rings. The van der Waals surface area contributed by atoms with Crippen molar-refractivity contribution < 1.29 is 4.79 Å². The van der Waals surface area contributed by atoms with Crippen molar-refractivity contribution in [3.05, 3.63) is 39.6 Å². The van der Waals surface area contributed by atoms with E-state index in [2.05, 4.69) is 26.2 Å². The molecule has 148 valence electrons. The van der Waals surface area contributed by atoms with E-state index in [4.69, 9.17) is 23.2 Å². The average molecular weight is 413 g/mol. The molecule has 0 aliphatic heterocycles. The quantitative estimate of drug-likeness (QED) is 0.728. The molecule has 1 aromatic heterocycles. The van der Waals surface area contributed by atoms with Crippen molar-refractivity contribution in [1.29, 1.82) is 0 Å². The Bertz CT molecular complexity index is 784. The number of hydrogen-bond acceptors (Lipinski definition) is 5. The monoisotopic (exact) mass is 412 g/mol. The van der Waals surface area contributed by atoms with Crippen LogP contribution in [0.4, 0.5) is 0 Å². The van der Waals surface area contributed by atoms with Crippen LogP contribution < -0.4 is 10.6 Å². The van der Waals surface area contributed by atoms with Gasteiger partial charge in [-0.15, -0.1) is 5.10 Å². The molecule has 0 bridgehead atoms. The van der Waals surface area contributed by atoms with Gasteiger partial charge in [0.25, 0.3) is 0 Å². The highest BCUT2D eigenvalue weighted by atomic mass is 35.5. The SMILES string of the molecule is CC(C)NC(=O)CCNC(c1cccc(Cl)c1Cl)c1nnnn1C(C)(C)C. The van der Waals surface area contributed by atoms with Crippen LogP contribution in [0.15, 0.2) is 18.2 Å². The highest BCUT2D eigenvalue weighted by molar-refractivity contribution is 6.42. The molecule has 27 heavy (non-hydrogen) atoms. The first-order valence-corrected chi connectivity index (χ1v) is 9.62. The first kappa shape index (κ1) is 21.6. The Morgan fingerprint density at radius 1 is 1.26 bits per heavy atom. The molecule has 0 aliphatic carbocycles. The minimum Gasteiger partial charge on any atom is -0.354 e. The molecule has 0 fully saturated rings. The molecule has 0 radical (unpaired) electrons. The molecule has 2 N–H and O–H groups in total. The maximum atomic E-state index is 12.0. The van der Waals surface area contributed by atoms with E-state index in [0.717, 1.165) is 5.56 Å². The van der Waals surface area contributed by atoms with Gasteiger partial charge in [-0.2, -0.15) is 0 Å². The van der Waals surface area contributed by atoms with Gasteiger partial charge in [0.05, 0.1) is 21.6 Å². The third-order valence-corrected chi connectivity index (χ3v) is 4.66. The minimum atomic E-state index is -0.405. The molecule has 1 heterocycles. The van der Waals surface area contributed by atoms with Crippen molar-refractivity contribution in [2.24, 2.45) is 0 Å². The van der Waals surface area contributed by atoms with Gasteiger partial charge < -0.3 is 10.6 Å². The highest BCUT2D eigenvalue weighted by Gasteiger charge is 2.28. The van der Waals surface area contributed by atoms with E-state index in [1.54, 1.807) is 10.7 Å². The summed E-state index contributed by atoms with van der Waals surface area (Å²) in [5.41, 5.74) is 0.437. The predicted molar refractivity (Wildman–Crippen MR) is 107 cm³/mol. The molecule has 9 heteroatoms. The van der Waals surface area contributed by atoms with Gasteiger partial charge in [-0.1, -0.05) is 35.3 Å². The first-order chi connectivity index (χ1) is 12.6. The zero-order valence-electron chi connectivity index (χ0n) is 16.3. The average Bonchev–Trinajstić information content (AvgIpc) is 3.03. The van der Waals surface area contributed by atoms with Gasteiger partial charge in [-0.05, 0) is 56.7 Å². The second kappa shape index (κ2) is 8.99. The second-order valence-corrected chi connectivity index (χ2v) is 8.41. The molecular formula is C18H26Cl2N6O. The largest absolute Gasteiger partial charge is 0.354 e. The molecule has 2 rings (SSSR count). The molecule has 2 aromatic rings. The molecule has 0 spiro atoms. The number of tetrazole rings is 1. The minimum absolute atomic E-state index is 0.0242. The number of carbonyl (C=O) groups is 1. The Labute approximate surface area is 169 Å². The number of hydrogen-bond donors (Lipinski definition) is 2. The maximum Gasteiger partial charge on any atom is 0.221 e. The number of amides is 1. The van der Waals surface area contributed by atoms with Crippen LogP contribution >= 0.6 is 23.2 Å². The van der Waals surface area contributed by atoms with Crippen molar-refractivity contribution in [3.63, 3.8) is 0 Å². The van der Waals surface area contributed by atoms with E-state index in [1.807, 2.05) is 46.8 Å². The molecule has 1 aromatic carbocycles. The fourth-order valence-electron chi connectivity index (χ4n) is 2.66. The summed E-state index contributed by atoms with van der Waals surface area (Å²) in [7, 11) is 0. The number of rotatable bonds is 7. The Morgan fingerprint density at radius 2 is 1.96 bits per heavy atom. The lowest BCUT2D eigenvalue weighted by Gasteiger charge is -2.25. The molecule has 1 amide bonds. The summed E-state index contributed by atoms with van der Waals surface area (Å²) >= 11 is 12.7. The Morgan fingerprint density at radius 3 is 2.59 bits per heavy atom. The van der Waals surface area contributed by atoms with E-state index in [1.165, 1.54) is 0 Å². The topological polar surface area (TPSA) is 84.7 Å². The normalized spacial score (nSPS) is 13.0. The van der Waals surface area contributed by atoms with Crippen molar-refractivity contribution in [1.82, 2.24) is 30.8 Å². The van der Waals surface area contributed by atoms with Crippen LogP contribution in [0, 0.1) is 0 Å². The molecule has 0 saturated heterocycles. The summed E-state index contributed by atoms with van der Waals surface area (Å²) in [6.45, 7) is 10.3. The standard InChI is InChI=1S/C18H26Cl2N6O/c1-11(2)22-14(27)9-10-21-16(12-7-6-8-13(19)15(12)20)17-23-24-25-26(17)18(3,4)5/h6-8,11,16,21H,9-10H2,1-5H3,(H,22,27). The van der Waals surface area contributed by atoms with Gasteiger partial charge in [0, 0.05) is 19.0 Å². The first-order valence-electron chi connectivity index (χ1n) is 8.86. The number of benzene rings is 1. The van der Waals surface area contributed by atoms with Crippen LogP contribution in [0.2, 0.25) is 10.0 Å². The lowest BCUT2D eigenvalue weighted by molar-refractivity contribution is -0.121. The molecule has 1 unspecified atom stereocenters. The lowest BCUT2D eigenvalue weighted by Crippen LogP contribution is -2.35. The summed E-state index contributed by atoms with van der Waals surface area (Å²) in [5, 5.41) is 19.3. The van der Waals surface area contributed by atoms with Crippen molar-refractivity contribution >= 4 is 29.1 Å². The van der Waals surface area contributed by atoms with Crippen molar-refractivity contribution in [2.45, 2.75) is 58.7 Å². The van der Waals surface area contributed by atoms with E-state index in [-0.39, 0.29) is 17.5 Å². The van der Waals surface area contributed by atoms with Gasteiger partial charge in [-0.25, -0.2) is 4.68 Å². The smallest absolute Gasteiger partial charge is 0.221 e. The molecule has 0 saturated carbocycles. The Hall–Kier alpha value is -1.70. The van der Waals surface area contributed by atoms with E-state index >= 15 is 0 Å². The zero-order valence-corrected chi connectivity index (χ0v) is 17.8. The fraction of sp³-hybridized carbons (Fsp3) is 0.556. The number of carbonyl (C=O) groups excluding carboxylic acids is 1. The van der Waals surface area contributed by atoms with Gasteiger partial charge >= 0.3 is 0 Å².